The summed E-state index contributed by atoms with van der Waals surface area (Å²) in [5.74, 6) is 0. The van der Waals surface area contributed by atoms with Crippen molar-refractivity contribution in [1.29, 1.82) is 0 Å². The summed E-state index contributed by atoms with van der Waals surface area (Å²) < 4.78 is 0. The van der Waals surface area contributed by atoms with Crippen LogP contribution in [0.1, 0.15) is 16.7 Å². The van der Waals surface area contributed by atoms with Crippen molar-refractivity contribution in [3.8, 4) is 0 Å². The first kappa shape index (κ1) is 8.73. The highest BCUT2D eigenvalue weighted by atomic mass is 16.2. The van der Waals surface area contributed by atoms with E-state index in [9.17, 15) is 0 Å². The zero-order chi connectivity index (χ0) is 9.10. The first-order valence-corrected chi connectivity index (χ1v) is 4.83. The monoisotopic (exact) mass is 177 g/mol. The topological polar surface area (TPSA) is 32.3 Å². The number of fused-ring (bicyclic) bond motifs is 1. The van der Waals surface area contributed by atoms with Crippen LogP contribution in [0.5, 0.6) is 0 Å². The molecular formula is C11H15NO. The maximum Gasteiger partial charge on any atom is 0.0471 e. The molecule has 0 saturated carbocycles. The molecule has 0 unspecified atom stereocenters. The molecule has 0 aromatic heterocycles. The summed E-state index contributed by atoms with van der Waals surface area (Å²) in [6.45, 7) is 2.29. The highest BCUT2D eigenvalue weighted by Crippen LogP contribution is 2.18. The number of nitrogens with one attached hydrogen (secondary N) is 1. The van der Waals surface area contributed by atoms with Gasteiger partial charge in [-0.3, -0.25) is 0 Å². The number of aliphatic hydroxyl groups is 1. The largest absolute Gasteiger partial charge is 0.396 e. The normalized spacial score (nSPS) is 15.5. The predicted molar refractivity (Wildman–Crippen MR) is 52.6 cm³/mol. The first-order chi connectivity index (χ1) is 6.42. The molecule has 0 spiro atoms. The van der Waals surface area contributed by atoms with Gasteiger partial charge >= 0.3 is 0 Å². The average Bonchev–Trinajstić information content (AvgIpc) is 2.19. The van der Waals surface area contributed by atoms with Gasteiger partial charge < -0.3 is 10.4 Å². The zero-order valence-electron chi connectivity index (χ0n) is 7.71. The molecule has 2 rings (SSSR count). The van der Waals surface area contributed by atoms with E-state index in [1.54, 1.807) is 0 Å². The summed E-state index contributed by atoms with van der Waals surface area (Å²) in [6.07, 6.45) is 1.90. The van der Waals surface area contributed by atoms with E-state index in [4.69, 9.17) is 5.11 Å². The lowest BCUT2D eigenvalue weighted by molar-refractivity contribution is 0.299. The molecule has 1 aliphatic rings. The van der Waals surface area contributed by atoms with E-state index in [1.165, 1.54) is 16.7 Å². The van der Waals surface area contributed by atoms with Crippen LogP contribution in [0.4, 0.5) is 0 Å². The average molecular weight is 177 g/mol. The van der Waals surface area contributed by atoms with Crippen molar-refractivity contribution in [3.05, 3.63) is 34.9 Å². The molecule has 0 fully saturated rings. The molecule has 0 saturated heterocycles. The number of hydrogen-bond donors (Lipinski definition) is 2. The van der Waals surface area contributed by atoms with Gasteiger partial charge in [-0.1, -0.05) is 18.2 Å². The summed E-state index contributed by atoms with van der Waals surface area (Å²) in [6, 6.07) is 6.40. The van der Waals surface area contributed by atoms with Crippen LogP contribution in [-0.4, -0.2) is 18.3 Å². The Morgan fingerprint density at radius 2 is 2.31 bits per heavy atom. The fraction of sp³-hybridized carbons (Fsp3) is 0.455. The number of benzene rings is 1. The zero-order valence-corrected chi connectivity index (χ0v) is 7.71. The second-order valence-corrected chi connectivity index (χ2v) is 3.46. The van der Waals surface area contributed by atoms with E-state index in [2.05, 4.69) is 23.5 Å². The van der Waals surface area contributed by atoms with Crippen molar-refractivity contribution < 1.29 is 5.11 Å². The minimum Gasteiger partial charge on any atom is -0.396 e. The van der Waals surface area contributed by atoms with Crippen LogP contribution in [0.15, 0.2) is 18.2 Å². The quantitative estimate of drug-likeness (QED) is 0.702. The number of hydrogen-bond acceptors (Lipinski definition) is 2. The summed E-state index contributed by atoms with van der Waals surface area (Å²) in [4.78, 5) is 0. The Morgan fingerprint density at radius 1 is 1.38 bits per heavy atom. The van der Waals surface area contributed by atoms with Crippen LogP contribution >= 0.6 is 0 Å². The second-order valence-electron chi connectivity index (χ2n) is 3.46. The van der Waals surface area contributed by atoms with Crippen LogP contribution in [0.2, 0.25) is 0 Å². The van der Waals surface area contributed by atoms with Gasteiger partial charge in [0.2, 0.25) is 0 Å². The van der Waals surface area contributed by atoms with E-state index >= 15 is 0 Å². The Bertz CT molecular complexity index is 296. The SMILES string of the molecule is OCCc1cccc2c1CNCC2. The minimum absolute atomic E-state index is 0.246. The summed E-state index contributed by atoms with van der Waals surface area (Å²) >= 11 is 0. The van der Waals surface area contributed by atoms with Gasteiger partial charge in [-0.05, 0) is 36.1 Å². The molecule has 0 bridgehead atoms. The van der Waals surface area contributed by atoms with E-state index in [1.807, 2.05) is 0 Å². The Labute approximate surface area is 78.6 Å². The van der Waals surface area contributed by atoms with Gasteiger partial charge in [0.05, 0.1) is 0 Å². The summed E-state index contributed by atoms with van der Waals surface area (Å²) in [5, 5.41) is 12.3. The third-order valence-electron chi connectivity index (χ3n) is 2.62. The van der Waals surface area contributed by atoms with E-state index in [0.717, 1.165) is 25.9 Å². The molecule has 13 heavy (non-hydrogen) atoms. The summed E-state index contributed by atoms with van der Waals surface area (Å²) in [5.41, 5.74) is 4.15. The molecular weight excluding hydrogens is 162 g/mol. The van der Waals surface area contributed by atoms with Crippen molar-refractivity contribution in [2.75, 3.05) is 13.2 Å². The predicted octanol–water partition coefficient (Wildman–Crippen LogP) is 0.867. The molecule has 0 radical (unpaired) electrons. The highest BCUT2D eigenvalue weighted by molar-refractivity contribution is 5.37. The van der Waals surface area contributed by atoms with E-state index < -0.39 is 0 Å². The van der Waals surface area contributed by atoms with Crippen LogP contribution in [0.3, 0.4) is 0 Å². The Morgan fingerprint density at radius 3 is 3.15 bits per heavy atom. The molecule has 0 amide bonds. The molecule has 70 valence electrons. The van der Waals surface area contributed by atoms with Crippen LogP contribution < -0.4 is 5.32 Å². The van der Waals surface area contributed by atoms with Gasteiger partial charge in [0, 0.05) is 13.2 Å². The van der Waals surface area contributed by atoms with Gasteiger partial charge in [0.25, 0.3) is 0 Å². The lowest BCUT2D eigenvalue weighted by Crippen LogP contribution is -2.24. The lowest BCUT2D eigenvalue weighted by atomic mass is 9.95. The fourth-order valence-corrected chi connectivity index (χ4v) is 1.94. The third-order valence-corrected chi connectivity index (χ3v) is 2.62. The standard InChI is InChI=1S/C11H15NO/c13-7-5-10-3-1-2-9-4-6-12-8-11(9)10/h1-3,12-13H,4-8H2. The van der Waals surface area contributed by atoms with Crippen molar-refractivity contribution in [2.45, 2.75) is 19.4 Å². The lowest BCUT2D eigenvalue weighted by Gasteiger charge is -2.19. The third kappa shape index (κ3) is 1.74. The van der Waals surface area contributed by atoms with Crippen LogP contribution in [0, 0.1) is 0 Å². The van der Waals surface area contributed by atoms with Gasteiger partial charge in [-0.2, -0.15) is 0 Å². The van der Waals surface area contributed by atoms with E-state index in [-0.39, 0.29) is 6.61 Å². The maximum absolute atomic E-state index is 8.90. The van der Waals surface area contributed by atoms with Crippen LogP contribution in [-0.2, 0) is 19.4 Å². The minimum atomic E-state index is 0.246. The highest BCUT2D eigenvalue weighted by Gasteiger charge is 2.11. The molecule has 0 atom stereocenters. The molecule has 1 heterocycles. The first-order valence-electron chi connectivity index (χ1n) is 4.83. The van der Waals surface area contributed by atoms with Crippen molar-refractivity contribution in [2.24, 2.45) is 0 Å². The molecule has 2 heteroatoms. The second kappa shape index (κ2) is 3.90. The smallest absolute Gasteiger partial charge is 0.0471 e. The fourth-order valence-electron chi connectivity index (χ4n) is 1.94. The Kier molecular flexibility index (Phi) is 2.62. The van der Waals surface area contributed by atoms with Crippen molar-refractivity contribution >= 4 is 0 Å². The maximum atomic E-state index is 8.90. The van der Waals surface area contributed by atoms with Gasteiger partial charge in [-0.15, -0.1) is 0 Å². The molecule has 2 nitrogen and oxygen atoms in total. The number of rotatable bonds is 2. The van der Waals surface area contributed by atoms with Crippen molar-refractivity contribution in [1.82, 2.24) is 5.32 Å². The molecule has 1 aromatic carbocycles. The van der Waals surface area contributed by atoms with Crippen molar-refractivity contribution in [3.63, 3.8) is 0 Å². The molecule has 0 aliphatic carbocycles. The Hall–Kier alpha value is -0.860. The summed E-state index contributed by atoms with van der Waals surface area (Å²) in [7, 11) is 0. The van der Waals surface area contributed by atoms with Gasteiger partial charge in [0.1, 0.15) is 0 Å². The van der Waals surface area contributed by atoms with Crippen LogP contribution in [0.25, 0.3) is 0 Å². The molecule has 1 aromatic rings. The molecule has 1 aliphatic heterocycles. The van der Waals surface area contributed by atoms with Gasteiger partial charge in [0.15, 0.2) is 0 Å². The molecule has 2 N–H and O–H groups in total. The Balaban J connectivity index is 2.34. The number of aliphatic hydroxyl groups excluding tert-OH is 1. The van der Waals surface area contributed by atoms with E-state index in [0.29, 0.717) is 0 Å². The van der Waals surface area contributed by atoms with Gasteiger partial charge in [-0.25, -0.2) is 0 Å².